The number of benzene rings is 2. The van der Waals surface area contributed by atoms with E-state index in [0.29, 0.717) is 23.9 Å². The molecule has 6 heteroatoms. The molecule has 0 fully saturated rings. The largest absolute Gasteiger partial charge is 0.355 e. The molecule has 0 aliphatic heterocycles. The first kappa shape index (κ1) is 17.5. The molecule has 1 amide bonds. The highest BCUT2D eigenvalue weighted by atomic mass is 19.1. The number of nitrogens with one attached hydrogen (secondary N) is 1. The van der Waals surface area contributed by atoms with Crippen LogP contribution in [0.5, 0.6) is 0 Å². The fourth-order valence-corrected chi connectivity index (χ4v) is 2.53. The summed E-state index contributed by atoms with van der Waals surface area (Å²) in [6.45, 7) is 2.41. The van der Waals surface area contributed by atoms with E-state index >= 15 is 0 Å². The van der Waals surface area contributed by atoms with Crippen LogP contribution in [-0.2, 0) is 6.54 Å². The molecule has 3 rings (SSSR count). The highest BCUT2D eigenvalue weighted by Gasteiger charge is 2.13. The summed E-state index contributed by atoms with van der Waals surface area (Å²) in [5.41, 5.74) is 1.91. The minimum atomic E-state index is -0.364. The first-order valence-corrected chi connectivity index (χ1v) is 8.19. The highest BCUT2D eigenvalue weighted by molar-refractivity contribution is 6.03. The van der Waals surface area contributed by atoms with Crippen LogP contribution in [0.4, 0.5) is 15.9 Å². The fourth-order valence-electron chi connectivity index (χ4n) is 2.53. The number of carbonyl (C=O) groups is 1. The molecule has 0 saturated carbocycles. The number of nitrogens with zero attached hydrogens (tertiary/aromatic N) is 3. The van der Waals surface area contributed by atoms with Crippen LogP contribution in [-0.4, -0.2) is 22.9 Å². The van der Waals surface area contributed by atoms with Crippen LogP contribution in [0.25, 0.3) is 0 Å². The summed E-state index contributed by atoms with van der Waals surface area (Å²) in [6.07, 6.45) is 0. The zero-order chi connectivity index (χ0) is 18.5. The van der Waals surface area contributed by atoms with Gasteiger partial charge in [-0.1, -0.05) is 30.3 Å². The lowest BCUT2D eigenvalue weighted by molar-refractivity contribution is 0.102. The van der Waals surface area contributed by atoms with E-state index in [9.17, 15) is 9.18 Å². The molecule has 132 valence electrons. The van der Waals surface area contributed by atoms with E-state index in [0.717, 1.165) is 5.56 Å². The molecular formula is C20H19FN4O. The lowest BCUT2D eigenvalue weighted by atomic mass is 10.2. The Morgan fingerprint density at radius 2 is 1.77 bits per heavy atom. The molecule has 0 saturated heterocycles. The fraction of sp³-hybridized carbons (Fsp3) is 0.150. The molecule has 0 radical (unpaired) electrons. The Morgan fingerprint density at radius 1 is 1.08 bits per heavy atom. The van der Waals surface area contributed by atoms with Crippen molar-refractivity contribution < 1.29 is 9.18 Å². The van der Waals surface area contributed by atoms with Crippen LogP contribution in [0.2, 0.25) is 0 Å². The van der Waals surface area contributed by atoms with Gasteiger partial charge in [-0.3, -0.25) is 4.79 Å². The van der Waals surface area contributed by atoms with Gasteiger partial charge in [-0.2, -0.15) is 0 Å². The monoisotopic (exact) mass is 350 g/mol. The van der Waals surface area contributed by atoms with E-state index < -0.39 is 0 Å². The first-order valence-electron chi connectivity index (χ1n) is 8.19. The molecule has 1 N–H and O–H groups in total. The minimum Gasteiger partial charge on any atom is -0.355 e. The van der Waals surface area contributed by atoms with Crippen molar-refractivity contribution in [1.82, 2.24) is 9.97 Å². The Morgan fingerprint density at radius 3 is 2.46 bits per heavy atom. The first-order chi connectivity index (χ1) is 12.5. The van der Waals surface area contributed by atoms with Gasteiger partial charge >= 0.3 is 0 Å². The van der Waals surface area contributed by atoms with Crippen molar-refractivity contribution in [1.29, 1.82) is 0 Å². The van der Waals surface area contributed by atoms with Gasteiger partial charge in [0.25, 0.3) is 5.91 Å². The van der Waals surface area contributed by atoms with Crippen molar-refractivity contribution in [2.24, 2.45) is 0 Å². The second-order valence-electron chi connectivity index (χ2n) is 5.96. The van der Waals surface area contributed by atoms with Crippen LogP contribution in [0.3, 0.4) is 0 Å². The average Bonchev–Trinajstić information content (AvgIpc) is 2.64. The van der Waals surface area contributed by atoms with Crippen LogP contribution in [0, 0.1) is 12.7 Å². The van der Waals surface area contributed by atoms with E-state index in [2.05, 4.69) is 15.3 Å². The number of hydrogen-bond acceptors (Lipinski definition) is 4. The summed E-state index contributed by atoms with van der Waals surface area (Å²) in [4.78, 5) is 23.1. The van der Waals surface area contributed by atoms with Gasteiger partial charge in [0.1, 0.15) is 23.2 Å². The zero-order valence-electron chi connectivity index (χ0n) is 14.6. The van der Waals surface area contributed by atoms with Gasteiger partial charge in [0.2, 0.25) is 0 Å². The normalized spacial score (nSPS) is 10.4. The number of aryl methyl sites for hydroxylation is 1. The number of rotatable bonds is 5. The molecule has 26 heavy (non-hydrogen) atoms. The summed E-state index contributed by atoms with van der Waals surface area (Å²) >= 11 is 0. The number of halogens is 1. The van der Waals surface area contributed by atoms with Gasteiger partial charge in [-0.25, -0.2) is 14.4 Å². The van der Waals surface area contributed by atoms with Crippen molar-refractivity contribution in [2.45, 2.75) is 13.5 Å². The molecule has 3 aromatic rings. The lowest BCUT2D eigenvalue weighted by Crippen LogP contribution is -2.21. The molecule has 0 aliphatic carbocycles. The number of amides is 1. The standard InChI is InChI=1S/C20H19FN4O/c1-14-22-18(20(26)24-17-10-8-16(21)9-11-17)12-19(23-14)25(2)13-15-6-4-3-5-7-15/h3-12H,13H2,1-2H3,(H,24,26). The third kappa shape index (κ3) is 4.42. The highest BCUT2D eigenvalue weighted by Crippen LogP contribution is 2.16. The number of anilines is 2. The molecule has 0 aliphatic rings. The van der Waals surface area contributed by atoms with E-state index in [-0.39, 0.29) is 17.4 Å². The third-order valence-corrected chi connectivity index (χ3v) is 3.81. The smallest absolute Gasteiger partial charge is 0.274 e. The SMILES string of the molecule is Cc1nc(C(=O)Nc2ccc(F)cc2)cc(N(C)Cc2ccccc2)n1. The Bertz CT molecular complexity index is 897. The molecule has 0 bridgehead atoms. The van der Waals surface area contributed by atoms with Crippen LogP contribution >= 0.6 is 0 Å². The molecule has 2 aromatic carbocycles. The second kappa shape index (κ2) is 7.74. The minimum absolute atomic E-state index is 0.261. The Balaban J connectivity index is 1.78. The van der Waals surface area contributed by atoms with Crippen LogP contribution in [0.15, 0.2) is 60.7 Å². The van der Waals surface area contributed by atoms with Crippen LogP contribution in [0.1, 0.15) is 21.9 Å². The summed E-state index contributed by atoms with van der Waals surface area (Å²) in [5, 5.41) is 2.71. The molecule has 1 aromatic heterocycles. The van der Waals surface area contributed by atoms with Crippen molar-refractivity contribution in [3.63, 3.8) is 0 Å². The van der Waals surface area contributed by atoms with Gasteiger partial charge in [-0.05, 0) is 36.8 Å². The Kier molecular flexibility index (Phi) is 5.22. The third-order valence-electron chi connectivity index (χ3n) is 3.81. The summed E-state index contributed by atoms with van der Waals surface area (Å²) in [5.74, 6) is 0.444. The predicted molar refractivity (Wildman–Crippen MR) is 99.7 cm³/mol. The molecule has 0 spiro atoms. The predicted octanol–water partition coefficient (Wildman–Crippen LogP) is 3.81. The van der Waals surface area contributed by atoms with Gasteiger partial charge in [-0.15, -0.1) is 0 Å². The second-order valence-corrected chi connectivity index (χ2v) is 5.96. The van der Waals surface area contributed by atoms with Crippen LogP contribution < -0.4 is 10.2 Å². The molecule has 1 heterocycles. The Hall–Kier alpha value is -3.28. The molecule has 0 unspecified atom stereocenters. The van der Waals surface area contributed by atoms with Gasteiger partial charge in [0.15, 0.2) is 0 Å². The summed E-state index contributed by atoms with van der Waals surface area (Å²) < 4.78 is 13.0. The number of aromatic nitrogens is 2. The maximum absolute atomic E-state index is 13.0. The van der Waals surface area contributed by atoms with E-state index in [1.165, 1.54) is 24.3 Å². The average molecular weight is 350 g/mol. The van der Waals surface area contributed by atoms with E-state index in [1.807, 2.05) is 42.3 Å². The van der Waals surface area contributed by atoms with Gasteiger partial charge in [0.05, 0.1) is 0 Å². The quantitative estimate of drug-likeness (QED) is 0.760. The number of carbonyl (C=O) groups excluding carboxylic acids is 1. The number of hydrogen-bond donors (Lipinski definition) is 1. The van der Waals surface area contributed by atoms with Gasteiger partial charge in [0, 0.05) is 25.3 Å². The lowest BCUT2D eigenvalue weighted by Gasteiger charge is -2.19. The van der Waals surface area contributed by atoms with Crippen molar-refractivity contribution >= 4 is 17.4 Å². The maximum atomic E-state index is 13.0. The summed E-state index contributed by atoms with van der Waals surface area (Å²) in [6, 6.07) is 17.2. The molecule has 5 nitrogen and oxygen atoms in total. The van der Waals surface area contributed by atoms with Crippen molar-refractivity contribution in [2.75, 3.05) is 17.3 Å². The Labute approximate surface area is 151 Å². The molecule has 0 atom stereocenters. The van der Waals surface area contributed by atoms with Gasteiger partial charge < -0.3 is 10.2 Å². The summed E-state index contributed by atoms with van der Waals surface area (Å²) in [7, 11) is 1.91. The van der Waals surface area contributed by atoms with E-state index in [1.54, 1.807) is 13.0 Å². The van der Waals surface area contributed by atoms with Crippen molar-refractivity contribution in [3.05, 3.63) is 83.6 Å². The topological polar surface area (TPSA) is 58.1 Å². The van der Waals surface area contributed by atoms with Crippen molar-refractivity contribution in [3.8, 4) is 0 Å². The zero-order valence-corrected chi connectivity index (χ0v) is 14.6. The maximum Gasteiger partial charge on any atom is 0.274 e. The molecular weight excluding hydrogens is 331 g/mol. The van der Waals surface area contributed by atoms with E-state index in [4.69, 9.17) is 0 Å².